The van der Waals surface area contributed by atoms with E-state index in [1.165, 1.54) is 0 Å². The topological polar surface area (TPSA) is 70.5 Å². The van der Waals surface area contributed by atoms with Gasteiger partial charge in [-0.2, -0.15) is 0 Å². The summed E-state index contributed by atoms with van der Waals surface area (Å²) in [5.41, 5.74) is 8.71. The number of benzene rings is 2. The van der Waals surface area contributed by atoms with E-state index in [0.29, 0.717) is 41.9 Å². The van der Waals surface area contributed by atoms with Crippen molar-refractivity contribution >= 4 is 16.8 Å². The van der Waals surface area contributed by atoms with E-state index in [9.17, 15) is 0 Å². The minimum Gasteiger partial charge on any atom is -0.490 e. The smallest absolute Gasteiger partial charge is 0.227 e. The van der Waals surface area contributed by atoms with Crippen molar-refractivity contribution in [3.05, 3.63) is 36.4 Å². The highest BCUT2D eigenvalue weighted by atomic mass is 16.5. The quantitative estimate of drug-likeness (QED) is 0.724. The third kappa shape index (κ3) is 2.70. The van der Waals surface area contributed by atoms with Crippen LogP contribution >= 0.6 is 0 Å². The van der Waals surface area contributed by atoms with Gasteiger partial charge in [-0.25, -0.2) is 4.98 Å². The fourth-order valence-electron chi connectivity index (χ4n) is 2.25. The van der Waals surface area contributed by atoms with Crippen LogP contribution in [0.25, 0.3) is 22.6 Å². The molecule has 0 aliphatic rings. The molecular formula is C17H18N2O3. The highest BCUT2D eigenvalue weighted by molar-refractivity contribution is 5.79. The lowest BCUT2D eigenvalue weighted by atomic mass is 10.2. The van der Waals surface area contributed by atoms with Gasteiger partial charge in [0.2, 0.25) is 5.89 Å². The average molecular weight is 298 g/mol. The molecule has 0 radical (unpaired) electrons. The van der Waals surface area contributed by atoms with Crippen LogP contribution in [-0.4, -0.2) is 18.2 Å². The highest BCUT2D eigenvalue weighted by Crippen LogP contribution is 2.34. The van der Waals surface area contributed by atoms with Gasteiger partial charge in [-0.15, -0.1) is 0 Å². The van der Waals surface area contributed by atoms with Gasteiger partial charge < -0.3 is 19.6 Å². The number of hydrogen-bond acceptors (Lipinski definition) is 5. The van der Waals surface area contributed by atoms with E-state index in [1.807, 2.05) is 38.1 Å². The molecule has 114 valence electrons. The second-order valence-corrected chi connectivity index (χ2v) is 4.77. The number of anilines is 1. The van der Waals surface area contributed by atoms with Crippen LogP contribution in [0.5, 0.6) is 11.5 Å². The summed E-state index contributed by atoms with van der Waals surface area (Å²) in [6.07, 6.45) is 0. The second kappa shape index (κ2) is 5.97. The van der Waals surface area contributed by atoms with E-state index in [2.05, 4.69) is 4.98 Å². The molecule has 0 amide bonds. The molecule has 0 bridgehead atoms. The molecule has 0 saturated carbocycles. The van der Waals surface area contributed by atoms with E-state index in [0.717, 1.165) is 11.1 Å². The van der Waals surface area contributed by atoms with Crippen LogP contribution in [0, 0.1) is 0 Å². The minimum absolute atomic E-state index is 0.532. The number of nitrogens with zero attached hydrogens (tertiary/aromatic N) is 1. The minimum atomic E-state index is 0.532. The number of fused-ring (bicyclic) bond motifs is 1. The van der Waals surface area contributed by atoms with Crippen molar-refractivity contribution in [1.82, 2.24) is 4.98 Å². The molecule has 3 rings (SSSR count). The van der Waals surface area contributed by atoms with E-state index < -0.39 is 0 Å². The van der Waals surface area contributed by atoms with Gasteiger partial charge in [-0.3, -0.25) is 0 Å². The molecule has 0 aliphatic heterocycles. The van der Waals surface area contributed by atoms with E-state index in [1.54, 1.807) is 12.1 Å². The molecule has 22 heavy (non-hydrogen) atoms. The van der Waals surface area contributed by atoms with E-state index in [-0.39, 0.29) is 0 Å². The van der Waals surface area contributed by atoms with Gasteiger partial charge >= 0.3 is 0 Å². The zero-order valence-electron chi connectivity index (χ0n) is 12.6. The van der Waals surface area contributed by atoms with Crippen LogP contribution in [0.4, 0.5) is 5.69 Å². The summed E-state index contributed by atoms with van der Waals surface area (Å²) in [6.45, 7) is 5.02. The maximum absolute atomic E-state index is 5.78. The molecule has 0 spiro atoms. The first kappa shape index (κ1) is 14.3. The number of aromatic nitrogens is 1. The fourth-order valence-corrected chi connectivity index (χ4v) is 2.25. The van der Waals surface area contributed by atoms with Crippen LogP contribution < -0.4 is 15.2 Å². The Morgan fingerprint density at radius 1 is 1.00 bits per heavy atom. The summed E-state index contributed by atoms with van der Waals surface area (Å²) in [4.78, 5) is 4.48. The molecule has 0 aliphatic carbocycles. The highest BCUT2D eigenvalue weighted by Gasteiger charge is 2.12. The van der Waals surface area contributed by atoms with Gasteiger partial charge in [0.05, 0.1) is 13.2 Å². The maximum Gasteiger partial charge on any atom is 0.227 e. The number of ether oxygens (including phenoxy) is 2. The Balaban J connectivity index is 2.03. The van der Waals surface area contributed by atoms with Gasteiger partial charge in [-0.1, -0.05) is 0 Å². The number of oxazole rings is 1. The Hall–Kier alpha value is -2.69. The summed E-state index contributed by atoms with van der Waals surface area (Å²) in [6, 6.07) is 11.1. The molecular weight excluding hydrogens is 280 g/mol. The van der Waals surface area contributed by atoms with Gasteiger partial charge in [0, 0.05) is 11.3 Å². The summed E-state index contributed by atoms with van der Waals surface area (Å²) in [5, 5.41) is 0. The van der Waals surface area contributed by atoms with Crippen LogP contribution in [0.3, 0.4) is 0 Å². The van der Waals surface area contributed by atoms with E-state index >= 15 is 0 Å². The molecule has 1 aromatic heterocycles. The Labute approximate surface area is 128 Å². The first-order valence-corrected chi connectivity index (χ1v) is 7.27. The Morgan fingerprint density at radius 3 is 2.55 bits per heavy atom. The van der Waals surface area contributed by atoms with Crippen molar-refractivity contribution < 1.29 is 13.9 Å². The zero-order chi connectivity index (χ0) is 15.5. The lowest BCUT2D eigenvalue weighted by molar-refractivity contribution is 0.288. The SMILES string of the molecule is CCOc1ccc(-c2nc3cc(N)ccc3o2)cc1OCC. The first-order chi connectivity index (χ1) is 10.7. The third-order valence-electron chi connectivity index (χ3n) is 3.20. The normalized spacial score (nSPS) is 10.8. The molecule has 2 aromatic carbocycles. The zero-order valence-corrected chi connectivity index (χ0v) is 12.6. The fraction of sp³-hybridized carbons (Fsp3) is 0.235. The number of hydrogen-bond donors (Lipinski definition) is 1. The number of rotatable bonds is 5. The lowest BCUT2D eigenvalue weighted by Crippen LogP contribution is -1.98. The third-order valence-corrected chi connectivity index (χ3v) is 3.20. The Morgan fingerprint density at radius 2 is 1.77 bits per heavy atom. The molecule has 1 heterocycles. The maximum atomic E-state index is 5.78. The van der Waals surface area contributed by atoms with Gasteiger partial charge in [-0.05, 0) is 50.2 Å². The first-order valence-electron chi connectivity index (χ1n) is 7.27. The monoisotopic (exact) mass is 298 g/mol. The molecule has 2 N–H and O–H groups in total. The number of nitrogens with two attached hydrogens (primary N) is 1. The molecule has 0 saturated heterocycles. The second-order valence-electron chi connectivity index (χ2n) is 4.77. The average Bonchev–Trinajstić information content (AvgIpc) is 2.92. The molecule has 0 unspecified atom stereocenters. The summed E-state index contributed by atoms with van der Waals surface area (Å²) in [5.74, 6) is 1.93. The predicted molar refractivity (Wildman–Crippen MR) is 86.2 cm³/mol. The molecule has 5 heteroatoms. The van der Waals surface area contributed by atoms with Crippen molar-refractivity contribution in [2.45, 2.75) is 13.8 Å². The van der Waals surface area contributed by atoms with Crippen LogP contribution in [0.15, 0.2) is 40.8 Å². The van der Waals surface area contributed by atoms with Gasteiger partial charge in [0.25, 0.3) is 0 Å². The largest absolute Gasteiger partial charge is 0.490 e. The molecule has 0 fully saturated rings. The van der Waals surface area contributed by atoms with Crippen LogP contribution in [-0.2, 0) is 0 Å². The summed E-state index contributed by atoms with van der Waals surface area (Å²) in [7, 11) is 0. The molecule has 3 aromatic rings. The van der Waals surface area contributed by atoms with Crippen LogP contribution in [0.1, 0.15) is 13.8 Å². The van der Waals surface area contributed by atoms with Crippen molar-refractivity contribution in [2.24, 2.45) is 0 Å². The van der Waals surface area contributed by atoms with Crippen LogP contribution in [0.2, 0.25) is 0 Å². The van der Waals surface area contributed by atoms with E-state index in [4.69, 9.17) is 19.6 Å². The molecule has 5 nitrogen and oxygen atoms in total. The van der Waals surface area contributed by atoms with Gasteiger partial charge in [0.1, 0.15) is 5.52 Å². The summed E-state index contributed by atoms with van der Waals surface area (Å²) >= 11 is 0. The number of nitrogen functional groups attached to an aromatic ring is 1. The van der Waals surface area contributed by atoms with Crippen molar-refractivity contribution in [3.8, 4) is 23.0 Å². The Kier molecular flexibility index (Phi) is 3.87. The van der Waals surface area contributed by atoms with Crippen molar-refractivity contribution in [2.75, 3.05) is 18.9 Å². The standard InChI is InChI=1S/C17H18N2O3/c1-3-20-15-7-5-11(9-16(15)21-4-2)17-19-13-10-12(18)6-8-14(13)22-17/h5-10H,3-4,18H2,1-2H3. The predicted octanol–water partition coefficient (Wildman–Crippen LogP) is 3.87. The molecule has 0 atom stereocenters. The van der Waals surface area contributed by atoms with Crippen molar-refractivity contribution in [3.63, 3.8) is 0 Å². The Bertz CT molecular complexity index is 796. The van der Waals surface area contributed by atoms with Gasteiger partial charge in [0.15, 0.2) is 17.1 Å². The van der Waals surface area contributed by atoms with Crippen molar-refractivity contribution in [1.29, 1.82) is 0 Å². The summed E-state index contributed by atoms with van der Waals surface area (Å²) < 4.78 is 17.0. The lowest BCUT2D eigenvalue weighted by Gasteiger charge is -2.11.